The molecule has 0 unspecified atom stereocenters. The lowest BCUT2D eigenvalue weighted by atomic mass is 9.48. The second-order valence-corrected chi connectivity index (χ2v) is 13.1. The van der Waals surface area contributed by atoms with E-state index < -0.39 is 5.79 Å². The van der Waals surface area contributed by atoms with Crippen molar-refractivity contribution in [2.75, 3.05) is 6.61 Å². The summed E-state index contributed by atoms with van der Waals surface area (Å²) in [5.74, 6) is 2.05. The molecule has 0 N–H and O–H groups in total. The van der Waals surface area contributed by atoms with Gasteiger partial charge in [0.15, 0.2) is 11.6 Å². The minimum atomic E-state index is -0.487. The fourth-order valence-corrected chi connectivity index (χ4v) is 9.61. The van der Waals surface area contributed by atoms with E-state index in [0.29, 0.717) is 29.5 Å². The number of rotatable bonds is 1. The van der Waals surface area contributed by atoms with Crippen LogP contribution in [0, 0.1) is 46.3 Å². The van der Waals surface area contributed by atoms with Crippen LogP contribution in [0.25, 0.3) is 0 Å². The first-order chi connectivity index (χ1) is 16.1. The largest absolute Gasteiger partial charge is 0.463 e. The van der Waals surface area contributed by atoms with Crippen LogP contribution < -0.4 is 0 Å². The van der Waals surface area contributed by atoms with Crippen LogP contribution in [0.1, 0.15) is 86.0 Å². The second kappa shape index (κ2) is 7.65. The molecule has 5 heteroatoms. The zero-order valence-corrected chi connectivity index (χ0v) is 21.6. The molecule has 1 spiro atoms. The lowest BCUT2D eigenvalue weighted by molar-refractivity contribution is -0.271. The van der Waals surface area contributed by atoms with Crippen LogP contribution in [0.4, 0.5) is 0 Å². The molecule has 5 nitrogen and oxygen atoms in total. The number of fused-ring (bicyclic) bond motifs is 7. The van der Waals surface area contributed by atoms with Crippen molar-refractivity contribution >= 4 is 11.8 Å². The van der Waals surface area contributed by atoms with Gasteiger partial charge < -0.3 is 14.2 Å². The van der Waals surface area contributed by atoms with Gasteiger partial charge in [0, 0.05) is 30.6 Å². The van der Waals surface area contributed by atoms with E-state index in [-0.39, 0.29) is 40.8 Å². The standard InChI is InChI=1S/C29H42O5/c1-16-8-11-29(32-15-16)17(2)26-24(34-29)13-23-21-7-6-19-12-20(33-18(3)30)9-10-27(19,4)22(21)14-25(31)28(23,26)5/h14,16-17,19-21,23-24,26H,6-13,15H2,1-5H3/t16-,17+,19+,20+,21-,23+,24-,26+,27+,28-,29-/m1/s1. The van der Waals surface area contributed by atoms with Gasteiger partial charge in [0.1, 0.15) is 6.10 Å². The SMILES string of the molecule is CC(=O)O[C@H]1CC[C@]2(C)C3=CC(=O)[C@]4(C)[C@@H]5[C@@H](C[C@H]4[C@@H]3CC[C@H]2C1)O[C@]1(CC[C@@H](C)CO1)[C@H]5C. The third kappa shape index (κ3) is 3.04. The van der Waals surface area contributed by atoms with Crippen molar-refractivity contribution in [3.63, 3.8) is 0 Å². The predicted molar refractivity (Wildman–Crippen MR) is 128 cm³/mol. The molecule has 34 heavy (non-hydrogen) atoms. The maximum absolute atomic E-state index is 14.0. The van der Waals surface area contributed by atoms with E-state index in [0.717, 1.165) is 58.0 Å². The predicted octanol–water partition coefficient (Wildman–Crippen LogP) is 5.46. The van der Waals surface area contributed by atoms with Crippen molar-refractivity contribution < 1.29 is 23.8 Å². The highest BCUT2D eigenvalue weighted by Crippen LogP contribution is 2.69. The Kier molecular flexibility index (Phi) is 5.22. The van der Waals surface area contributed by atoms with Crippen LogP contribution in [0.3, 0.4) is 0 Å². The first-order valence-corrected chi connectivity index (χ1v) is 13.8. The molecular weight excluding hydrogens is 428 g/mol. The Morgan fingerprint density at radius 1 is 1.09 bits per heavy atom. The summed E-state index contributed by atoms with van der Waals surface area (Å²) >= 11 is 0. The lowest BCUT2D eigenvalue weighted by Gasteiger charge is -2.56. The van der Waals surface area contributed by atoms with Crippen LogP contribution in [-0.4, -0.2) is 36.4 Å². The maximum Gasteiger partial charge on any atom is 0.302 e. The molecule has 0 radical (unpaired) electrons. The smallest absolute Gasteiger partial charge is 0.302 e. The molecule has 2 saturated heterocycles. The van der Waals surface area contributed by atoms with Crippen LogP contribution in [0.2, 0.25) is 0 Å². The number of carbonyl (C=O) groups excluding carboxylic acids is 2. The molecule has 6 aliphatic rings. The summed E-state index contributed by atoms with van der Waals surface area (Å²) in [6.45, 7) is 11.5. The maximum atomic E-state index is 14.0. The van der Waals surface area contributed by atoms with E-state index in [9.17, 15) is 9.59 Å². The molecule has 188 valence electrons. The topological polar surface area (TPSA) is 61.8 Å². The van der Waals surface area contributed by atoms with Crippen LogP contribution in [0.5, 0.6) is 0 Å². The fourth-order valence-electron chi connectivity index (χ4n) is 9.61. The van der Waals surface area contributed by atoms with Crippen molar-refractivity contribution in [3.8, 4) is 0 Å². The number of ether oxygens (including phenoxy) is 3. The molecule has 0 bridgehead atoms. The van der Waals surface area contributed by atoms with E-state index in [1.807, 2.05) is 0 Å². The number of hydrogen-bond acceptors (Lipinski definition) is 5. The third-order valence-corrected chi connectivity index (χ3v) is 11.5. The Hall–Kier alpha value is -1.20. The highest BCUT2D eigenvalue weighted by Gasteiger charge is 2.70. The molecule has 2 aliphatic heterocycles. The third-order valence-electron chi connectivity index (χ3n) is 11.5. The van der Waals surface area contributed by atoms with Gasteiger partial charge >= 0.3 is 5.97 Å². The molecule has 3 saturated carbocycles. The van der Waals surface area contributed by atoms with Gasteiger partial charge in [-0.2, -0.15) is 0 Å². The van der Waals surface area contributed by atoms with Crippen LogP contribution >= 0.6 is 0 Å². The van der Waals surface area contributed by atoms with Gasteiger partial charge in [0.2, 0.25) is 0 Å². The second-order valence-electron chi connectivity index (χ2n) is 13.1. The summed E-state index contributed by atoms with van der Waals surface area (Å²) < 4.78 is 18.8. The van der Waals surface area contributed by atoms with E-state index in [2.05, 4.69) is 33.8 Å². The number of allylic oxidation sites excluding steroid dienone is 2. The Morgan fingerprint density at radius 3 is 2.59 bits per heavy atom. The lowest BCUT2D eigenvalue weighted by Crippen LogP contribution is -2.53. The molecule has 2 heterocycles. The van der Waals surface area contributed by atoms with Gasteiger partial charge in [-0.3, -0.25) is 9.59 Å². The van der Waals surface area contributed by atoms with Crippen molar-refractivity contribution in [1.82, 2.24) is 0 Å². The Bertz CT molecular complexity index is 915. The zero-order chi connectivity index (χ0) is 24.0. The van der Waals surface area contributed by atoms with E-state index in [1.54, 1.807) is 0 Å². The monoisotopic (exact) mass is 470 g/mol. The highest BCUT2D eigenvalue weighted by atomic mass is 16.7. The van der Waals surface area contributed by atoms with Gasteiger partial charge in [-0.1, -0.05) is 33.3 Å². The minimum Gasteiger partial charge on any atom is -0.463 e. The first kappa shape index (κ1) is 23.2. The summed E-state index contributed by atoms with van der Waals surface area (Å²) in [6.07, 6.45) is 10.4. The quantitative estimate of drug-likeness (QED) is 0.476. The van der Waals surface area contributed by atoms with Crippen LogP contribution in [-0.2, 0) is 23.8 Å². The van der Waals surface area contributed by atoms with Crippen molar-refractivity contribution in [2.24, 2.45) is 46.3 Å². The molecule has 4 aliphatic carbocycles. The van der Waals surface area contributed by atoms with Gasteiger partial charge in [-0.25, -0.2) is 0 Å². The minimum absolute atomic E-state index is 0.0340. The van der Waals surface area contributed by atoms with Gasteiger partial charge in [0.05, 0.1) is 12.7 Å². The van der Waals surface area contributed by atoms with E-state index >= 15 is 0 Å². The molecule has 5 fully saturated rings. The Labute approximate surface area is 204 Å². The average Bonchev–Trinajstić information content (AvgIpc) is 3.23. The Morgan fingerprint density at radius 2 is 1.88 bits per heavy atom. The Balaban J connectivity index is 1.29. The number of ketones is 1. The summed E-state index contributed by atoms with van der Waals surface area (Å²) in [7, 11) is 0. The molecule has 0 aromatic heterocycles. The van der Waals surface area contributed by atoms with Gasteiger partial charge in [-0.05, 0) is 80.1 Å². The van der Waals surface area contributed by atoms with Crippen molar-refractivity contribution in [1.29, 1.82) is 0 Å². The summed E-state index contributed by atoms with van der Waals surface area (Å²) in [6, 6.07) is 0. The van der Waals surface area contributed by atoms with Crippen LogP contribution in [0.15, 0.2) is 11.6 Å². The molecule has 0 aromatic carbocycles. The summed E-state index contributed by atoms with van der Waals surface area (Å²) in [5, 5.41) is 0. The zero-order valence-electron chi connectivity index (χ0n) is 21.6. The molecule has 11 atom stereocenters. The number of hydrogen-bond donors (Lipinski definition) is 0. The van der Waals surface area contributed by atoms with Crippen molar-refractivity contribution in [2.45, 2.75) is 104 Å². The summed E-state index contributed by atoms with van der Waals surface area (Å²) in [5.41, 5.74) is 1.10. The normalized spacial score (nSPS) is 54.0. The molecule has 0 amide bonds. The van der Waals surface area contributed by atoms with Gasteiger partial charge in [-0.15, -0.1) is 0 Å². The highest BCUT2D eigenvalue weighted by molar-refractivity contribution is 5.97. The summed E-state index contributed by atoms with van der Waals surface area (Å²) in [4.78, 5) is 25.6. The fraction of sp³-hybridized carbons (Fsp3) is 0.862. The van der Waals surface area contributed by atoms with E-state index in [1.165, 1.54) is 12.5 Å². The van der Waals surface area contributed by atoms with E-state index in [4.69, 9.17) is 14.2 Å². The molecule has 0 aromatic rings. The molecular formula is C29H42O5. The van der Waals surface area contributed by atoms with Gasteiger partial charge in [0.25, 0.3) is 0 Å². The number of carbonyl (C=O) groups is 2. The number of esters is 1. The molecule has 6 rings (SSSR count). The average molecular weight is 471 g/mol. The van der Waals surface area contributed by atoms with Crippen molar-refractivity contribution in [3.05, 3.63) is 11.6 Å². The first-order valence-electron chi connectivity index (χ1n) is 13.8.